The molecular formula is C19H29N3O3. The zero-order valence-electron chi connectivity index (χ0n) is 16.0. The van der Waals surface area contributed by atoms with Crippen LogP contribution in [0.5, 0.6) is 0 Å². The Balaban J connectivity index is 2.75. The summed E-state index contributed by atoms with van der Waals surface area (Å²) in [5, 5.41) is 5.63. The van der Waals surface area contributed by atoms with Gasteiger partial charge in [0, 0.05) is 19.5 Å². The minimum absolute atomic E-state index is 0.0171. The van der Waals surface area contributed by atoms with Crippen molar-refractivity contribution in [2.24, 2.45) is 0 Å². The number of benzene rings is 1. The fraction of sp³-hybridized carbons (Fsp3) is 0.526. The summed E-state index contributed by atoms with van der Waals surface area (Å²) in [5.41, 5.74) is 1.62. The van der Waals surface area contributed by atoms with Gasteiger partial charge in [-0.3, -0.25) is 14.4 Å². The van der Waals surface area contributed by atoms with Gasteiger partial charge in [-0.1, -0.05) is 29.8 Å². The first-order valence-electron chi connectivity index (χ1n) is 8.36. The van der Waals surface area contributed by atoms with Crippen LogP contribution >= 0.6 is 0 Å². The van der Waals surface area contributed by atoms with Gasteiger partial charge in [0.2, 0.25) is 17.7 Å². The maximum absolute atomic E-state index is 12.5. The normalized spacial score (nSPS) is 12.2. The number of aryl methyl sites for hydroxylation is 1. The Labute approximate surface area is 150 Å². The van der Waals surface area contributed by atoms with Crippen molar-refractivity contribution in [3.8, 4) is 0 Å². The third-order valence-corrected chi connectivity index (χ3v) is 3.56. The van der Waals surface area contributed by atoms with E-state index in [1.165, 1.54) is 11.8 Å². The van der Waals surface area contributed by atoms with Crippen LogP contribution in [0.4, 0.5) is 0 Å². The molecule has 1 unspecified atom stereocenters. The predicted molar refractivity (Wildman–Crippen MR) is 97.9 cm³/mol. The maximum Gasteiger partial charge on any atom is 0.240 e. The lowest BCUT2D eigenvalue weighted by Gasteiger charge is -2.25. The van der Waals surface area contributed by atoms with E-state index in [4.69, 9.17) is 0 Å². The molecule has 0 aliphatic carbocycles. The van der Waals surface area contributed by atoms with Gasteiger partial charge in [0.1, 0.15) is 0 Å². The molecule has 0 aliphatic rings. The highest BCUT2D eigenvalue weighted by Crippen LogP contribution is 2.18. The van der Waals surface area contributed by atoms with Crippen LogP contribution < -0.4 is 10.6 Å². The molecule has 1 atom stereocenters. The third kappa shape index (κ3) is 7.83. The van der Waals surface area contributed by atoms with Crippen molar-refractivity contribution < 1.29 is 14.4 Å². The van der Waals surface area contributed by atoms with Crippen LogP contribution in [0, 0.1) is 6.92 Å². The molecule has 1 aromatic carbocycles. The van der Waals surface area contributed by atoms with E-state index in [9.17, 15) is 14.4 Å². The fourth-order valence-corrected chi connectivity index (χ4v) is 2.39. The second-order valence-electron chi connectivity index (χ2n) is 7.42. The van der Waals surface area contributed by atoms with E-state index in [2.05, 4.69) is 10.6 Å². The topological polar surface area (TPSA) is 78.5 Å². The van der Waals surface area contributed by atoms with Crippen LogP contribution in [-0.4, -0.2) is 41.8 Å². The molecule has 3 amide bonds. The van der Waals surface area contributed by atoms with E-state index in [0.717, 1.165) is 11.1 Å². The van der Waals surface area contributed by atoms with Gasteiger partial charge >= 0.3 is 0 Å². The SMILES string of the molecule is CC(=O)NC(CC(=O)N(C)CC(=O)NC(C)(C)C)c1ccc(C)cc1. The molecule has 0 radical (unpaired) electrons. The van der Waals surface area contributed by atoms with Gasteiger partial charge in [-0.2, -0.15) is 0 Å². The largest absolute Gasteiger partial charge is 0.350 e. The molecule has 0 fully saturated rings. The number of nitrogens with one attached hydrogen (secondary N) is 2. The number of likely N-dealkylation sites (N-methyl/N-ethyl adjacent to an activating group) is 1. The minimum atomic E-state index is -0.418. The number of amides is 3. The van der Waals surface area contributed by atoms with Gasteiger partial charge < -0.3 is 15.5 Å². The average Bonchev–Trinajstić information content (AvgIpc) is 2.44. The number of hydrogen-bond donors (Lipinski definition) is 2. The van der Waals surface area contributed by atoms with Gasteiger partial charge in [0.15, 0.2) is 0 Å². The Morgan fingerprint density at radius 3 is 2.16 bits per heavy atom. The predicted octanol–water partition coefficient (Wildman–Crippen LogP) is 1.94. The lowest BCUT2D eigenvalue weighted by molar-refractivity contribution is -0.135. The van der Waals surface area contributed by atoms with E-state index in [0.29, 0.717) is 0 Å². The smallest absolute Gasteiger partial charge is 0.240 e. The lowest BCUT2D eigenvalue weighted by Crippen LogP contribution is -2.46. The minimum Gasteiger partial charge on any atom is -0.350 e. The van der Waals surface area contributed by atoms with Crippen molar-refractivity contribution in [1.29, 1.82) is 0 Å². The summed E-state index contributed by atoms with van der Waals surface area (Å²) < 4.78 is 0. The summed E-state index contributed by atoms with van der Waals surface area (Å²) in [4.78, 5) is 37.3. The van der Waals surface area contributed by atoms with Crippen LogP contribution in [0.2, 0.25) is 0 Å². The van der Waals surface area contributed by atoms with E-state index in [1.54, 1.807) is 7.05 Å². The highest BCUT2D eigenvalue weighted by atomic mass is 16.2. The second kappa shape index (κ2) is 8.65. The van der Waals surface area contributed by atoms with Crippen LogP contribution in [0.25, 0.3) is 0 Å². The Morgan fingerprint density at radius 2 is 1.68 bits per heavy atom. The van der Waals surface area contributed by atoms with Crippen LogP contribution in [0.3, 0.4) is 0 Å². The zero-order valence-corrected chi connectivity index (χ0v) is 16.0. The molecule has 1 aromatic rings. The van der Waals surface area contributed by atoms with Crippen molar-refractivity contribution >= 4 is 17.7 Å². The Kier molecular flexibility index (Phi) is 7.15. The van der Waals surface area contributed by atoms with Gasteiger partial charge in [0.25, 0.3) is 0 Å². The highest BCUT2D eigenvalue weighted by molar-refractivity contribution is 5.85. The van der Waals surface area contributed by atoms with Crippen LogP contribution in [-0.2, 0) is 14.4 Å². The first kappa shape index (κ1) is 20.7. The molecular weight excluding hydrogens is 318 g/mol. The van der Waals surface area contributed by atoms with Gasteiger partial charge in [0.05, 0.1) is 19.0 Å². The molecule has 0 aromatic heterocycles. The number of nitrogens with zero attached hydrogens (tertiary/aromatic N) is 1. The molecule has 0 spiro atoms. The van der Waals surface area contributed by atoms with E-state index < -0.39 is 6.04 Å². The number of hydrogen-bond acceptors (Lipinski definition) is 3. The number of rotatable bonds is 6. The van der Waals surface area contributed by atoms with E-state index >= 15 is 0 Å². The first-order valence-corrected chi connectivity index (χ1v) is 8.36. The highest BCUT2D eigenvalue weighted by Gasteiger charge is 2.22. The zero-order chi connectivity index (χ0) is 19.2. The summed E-state index contributed by atoms with van der Waals surface area (Å²) in [6.45, 7) is 9.04. The summed E-state index contributed by atoms with van der Waals surface area (Å²) in [6.07, 6.45) is 0.0991. The maximum atomic E-state index is 12.5. The van der Waals surface area contributed by atoms with Crippen molar-refractivity contribution in [1.82, 2.24) is 15.5 Å². The summed E-state index contributed by atoms with van der Waals surface area (Å²) in [7, 11) is 1.59. The molecule has 0 saturated heterocycles. The van der Waals surface area contributed by atoms with Gasteiger partial charge in [-0.15, -0.1) is 0 Å². The van der Waals surface area contributed by atoms with Crippen molar-refractivity contribution in [2.75, 3.05) is 13.6 Å². The molecule has 25 heavy (non-hydrogen) atoms. The molecule has 138 valence electrons. The van der Waals surface area contributed by atoms with Gasteiger partial charge in [-0.05, 0) is 33.3 Å². The Morgan fingerprint density at radius 1 is 1.12 bits per heavy atom. The van der Waals surface area contributed by atoms with Crippen molar-refractivity contribution in [2.45, 2.75) is 52.6 Å². The standard InChI is InChI=1S/C19H29N3O3/c1-13-7-9-15(10-8-13)16(20-14(2)23)11-18(25)22(6)12-17(24)21-19(3,4)5/h7-10,16H,11-12H2,1-6H3,(H,20,23)(H,21,24). The molecule has 0 aliphatic heterocycles. The first-order chi connectivity index (χ1) is 11.5. The average molecular weight is 347 g/mol. The quantitative estimate of drug-likeness (QED) is 0.825. The molecule has 0 saturated carbocycles. The molecule has 1 rings (SSSR count). The monoisotopic (exact) mass is 347 g/mol. The molecule has 6 heteroatoms. The van der Waals surface area contributed by atoms with Gasteiger partial charge in [-0.25, -0.2) is 0 Å². The molecule has 0 heterocycles. The molecule has 2 N–H and O–H groups in total. The van der Waals surface area contributed by atoms with Crippen LogP contribution in [0.15, 0.2) is 24.3 Å². The second-order valence-corrected chi connectivity index (χ2v) is 7.42. The number of carbonyl (C=O) groups is 3. The van der Waals surface area contributed by atoms with Crippen LogP contribution in [0.1, 0.15) is 51.3 Å². The third-order valence-electron chi connectivity index (χ3n) is 3.56. The molecule has 6 nitrogen and oxygen atoms in total. The lowest BCUT2D eigenvalue weighted by atomic mass is 10.0. The van der Waals surface area contributed by atoms with Crippen molar-refractivity contribution in [3.63, 3.8) is 0 Å². The van der Waals surface area contributed by atoms with E-state index in [-0.39, 0.29) is 36.2 Å². The summed E-state index contributed by atoms with van der Waals surface area (Å²) in [5.74, 6) is -0.621. The summed E-state index contributed by atoms with van der Waals surface area (Å²) in [6, 6.07) is 7.26. The summed E-state index contributed by atoms with van der Waals surface area (Å²) >= 11 is 0. The Hall–Kier alpha value is -2.37. The number of carbonyl (C=O) groups excluding carboxylic acids is 3. The molecule has 0 bridgehead atoms. The Bertz CT molecular complexity index is 618. The fourth-order valence-electron chi connectivity index (χ4n) is 2.39. The van der Waals surface area contributed by atoms with Crippen molar-refractivity contribution in [3.05, 3.63) is 35.4 Å². The van der Waals surface area contributed by atoms with E-state index in [1.807, 2.05) is 52.0 Å².